The lowest BCUT2D eigenvalue weighted by atomic mass is 9.81. The van der Waals surface area contributed by atoms with Crippen molar-refractivity contribution in [3.8, 4) is 0 Å². The highest BCUT2D eigenvalue weighted by Crippen LogP contribution is 2.49. The fourth-order valence-corrected chi connectivity index (χ4v) is 16.8. The average Bonchev–Trinajstić information content (AvgIpc) is 0.945. The molecule has 10 unspecified atom stereocenters. The van der Waals surface area contributed by atoms with Gasteiger partial charge in [0.2, 0.25) is 0 Å². The van der Waals surface area contributed by atoms with Crippen LogP contribution < -0.4 is 0 Å². The maximum Gasteiger partial charge on any atom is 0.338 e. The van der Waals surface area contributed by atoms with Crippen LogP contribution in [-0.4, -0.2) is 154 Å². The van der Waals surface area contributed by atoms with Crippen molar-refractivity contribution in [3.05, 3.63) is 108 Å². The molecular formula is C72H110O15Si3. The van der Waals surface area contributed by atoms with Crippen LogP contribution in [0.4, 0.5) is 0 Å². The molecule has 5 fully saturated rings. The van der Waals surface area contributed by atoms with Crippen LogP contribution in [0, 0.1) is 11.8 Å². The van der Waals surface area contributed by atoms with E-state index >= 15 is 4.79 Å². The zero-order valence-electron chi connectivity index (χ0n) is 57.5. The van der Waals surface area contributed by atoms with Crippen LogP contribution in [0.5, 0.6) is 0 Å². The SMILES string of the molecule is C=C1CC2CCC(=O)/C=C/C(O[Si](C)(C)C(C)(C)C)[C@@H]3O[C@H]4CCC(CC(=O)C[C@H]5C(CC6OC(CCC1O2)C[C@@H](C)C6=C)OC(C[C@@H](COC(=O)c1ccccc1)OC(=O)c1ccccc1)[C@@H]5OC)O[C@@H]4C(O[Si](C)(C)C(C)(C)C)C3O[Si](C)(C)C(C)(C)C. The first kappa shape index (κ1) is 72.1. The summed E-state index contributed by atoms with van der Waals surface area (Å²) in [5.74, 6) is -1.50. The summed E-state index contributed by atoms with van der Waals surface area (Å²) in [7, 11) is -6.21. The standard InChI is InChI=1S/C72H110O15Si3/c1-45-38-53-33-36-57-46(2)39-52(79-57)32-30-50(73)31-35-59(85-88(14,15)70(4,5)6)65-67(87-90(18,19)72(10,11)12)66(86-89(16,17)71(7,8)9)64-58(84-65)37-34-54(81-64)40-51(74)41-56-61(43-60(80-53)47(45)3)83-62(63(56)77-13)42-55(82-69(76)49-28-24-21-25-29-49)44-78-68(75)48-26-22-20-23-27-48/h20-29,31,35,45,52-67H,2-3,30,32-34,36-44H2,1,4-19H3/b35-31+/t45-,52?,53?,54?,55+,56+,57?,58+,59?,60?,61?,62?,63-,64+,65+,66?,67?/m1/s1. The number of hydrogen-bond acceptors (Lipinski definition) is 15. The number of Topliss-reactive ketones (excluding diaryl/α,β-unsaturated/α-hetero) is 1. The van der Waals surface area contributed by atoms with Gasteiger partial charge in [0.15, 0.2) is 30.7 Å². The molecule has 10 rings (SSSR count). The van der Waals surface area contributed by atoms with E-state index < -0.39 is 116 Å². The Kier molecular flexibility index (Phi) is 23.6. The normalized spacial score (nSPS) is 32.9. The quantitative estimate of drug-likeness (QED) is 0.0994. The van der Waals surface area contributed by atoms with Crippen LogP contribution in [0.1, 0.15) is 167 Å². The van der Waals surface area contributed by atoms with Gasteiger partial charge in [-0.15, -0.1) is 0 Å². The van der Waals surface area contributed by atoms with Gasteiger partial charge in [0, 0.05) is 45.1 Å². The first-order chi connectivity index (χ1) is 42.0. The number of fused-ring (bicyclic) bond motifs is 2. The predicted molar refractivity (Wildman–Crippen MR) is 358 cm³/mol. The largest absolute Gasteiger partial charge is 0.458 e. The summed E-state index contributed by atoms with van der Waals surface area (Å²) >= 11 is 0. The van der Waals surface area contributed by atoms with Crippen molar-refractivity contribution >= 4 is 48.5 Å². The smallest absolute Gasteiger partial charge is 0.338 e. The van der Waals surface area contributed by atoms with Gasteiger partial charge in [0.05, 0.1) is 72.2 Å². The Morgan fingerprint density at radius 1 is 0.600 bits per heavy atom. The number of methoxy groups -OCH3 is 1. The van der Waals surface area contributed by atoms with Crippen molar-refractivity contribution in [2.45, 2.75) is 292 Å². The number of hydrogen-bond donors (Lipinski definition) is 0. The van der Waals surface area contributed by atoms with E-state index in [-0.39, 0.29) is 76.8 Å². The number of benzene rings is 2. The fourth-order valence-electron chi connectivity index (χ4n) is 13.0. The molecule has 90 heavy (non-hydrogen) atoms. The molecule has 0 aromatic heterocycles. The number of esters is 2. The Morgan fingerprint density at radius 2 is 1.16 bits per heavy atom. The third kappa shape index (κ3) is 17.8. The summed E-state index contributed by atoms with van der Waals surface area (Å²) in [4.78, 5) is 56.9. The van der Waals surface area contributed by atoms with E-state index in [1.54, 1.807) is 61.7 Å². The molecule has 5 saturated heterocycles. The molecule has 2 aromatic rings. The van der Waals surface area contributed by atoms with Crippen molar-refractivity contribution in [3.63, 3.8) is 0 Å². The van der Waals surface area contributed by atoms with Gasteiger partial charge in [0.25, 0.3) is 0 Å². The van der Waals surface area contributed by atoms with Gasteiger partial charge in [-0.1, -0.05) is 125 Å². The Labute approximate surface area is 542 Å². The molecule has 15 nitrogen and oxygen atoms in total. The second-order valence-electron chi connectivity index (χ2n) is 31.3. The Morgan fingerprint density at radius 3 is 1.76 bits per heavy atom. The maximum atomic E-state index is 15.3. The van der Waals surface area contributed by atoms with Gasteiger partial charge in [-0.05, 0) is 147 Å². The highest BCUT2D eigenvalue weighted by molar-refractivity contribution is 6.75. The van der Waals surface area contributed by atoms with E-state index in [9.17, 15) is 14.4 Å². The predicted octanol–water partition coefficient (Wildman–Crippen LogP) is 14.8. The van der Waals surface area contributed by atoms with Crippen molar-refractivity contribution in [2.75, 3.05) is 13.7 Å². The molecule has 8 bridgehead atoms. The van der Waals surface area contributed by atoms with Crippen LogP contribution in [0.25, 0.3) is 0 Å². The Bertz CT molecular complexity index is 2820. The van der Waals surface area contributed by atoms with Crippen LogP contribution in [-0.2, 0) is 60.8 Å². The fraction of sp³-hybridized carbons (Fsp3) is 0.694. The molecule has 0 aliphatic carbocycles. The lowest BCUT2D eigenvalue weighted by Gasteiger charge is -2.56. The minimum atomic E-state index is -2.64. The molecule has 17 atom stereocenters. The summed E-state index contributed by atoms with van der Waals surface area (Å²) in [6, 6.07) is 17.4. The van der Waals surface area contributed by atoms with E-state index in [4.69, 9.17) is 51.2 Å². The zero-order valence-corrected chi connectivity index (χ0v) is 60.5. The molecule has 0 saturated carbocycles. The van der Waals surface area contributed by atoms with Gasteiger partial charge >= 0.3 is 11.9 Å². The molecule has 8 aliphatic rings. The number of carbonyl (C=O) groups excluding carboxylic acids is 4. The molecule has 0 radical (unpaired) electrons. The summed E-state index contributed by atoms with van der Waals surface area (Å²) in [6.45, 7) is 44.6. The van der Waals surface area contributed by atoms with Crippen LogP contribution in [0.15, 0.2) is 97.1 Å². The van der Waals surface area contributed by atoms with E-state index in [2.05, 4.69) is 122 Å². The molecule has 8 heterocycles. The average molecular weight is 1300 g/mol. The maximum absolute atomic E-state index is 15.3. The van der Waals surface area contributed by atoms with Crippen LogP contribution in [0.2, 0.25) is 54.4 Å². The molecular weight excluding hydrogens is 1190 g/mol. The van der Waals surface area contributed by atoms with E-state index in [0.29, 0.717) is 56.1 Å². The second-order valence-corrected chi connectivity index (χ2v) is 45.6. The lowest BCUT2D eigenvalue weighted by Crippen LogP contribution is -2.69. The Balaban J connectivity index is 1.17. The lowest BCUT2D eigenvalue weighted by molar-refractivity contribution is -0.266. The number of ketones is 2. The first-order valence-electron chi connectivity index (χ1n) is 33.5. The highest BCUT2D eigenvalue weighted by Gasteiger charge is 2.58. The summed E-state index contributed by atoms with van der Waals surface area (Å²) in [5, 5.41) is -0.576. The minimum Gasteiger partial charge on any atom is -0.458 e. The van der Waals surface area contributed by atoms with Gasteiger partial charge in [-0.25, -0.2) is 9.59 Å². The van der Waals surface area contributed by atoms with Gasteiger partial charge in [0.1, 0.15) is 42.9 Å². The minimum absolute atomic E-state index is 0.0146. The van der Waals surface area contributed by atoms with Gasteiger partial charge < -0.3 is 51.2 Å². The molecule has 500 valence electrons. The Hall–Kier alpha value is -3.77. The number of carbonyl (C=O) groups is 4. The highest BCUT2D eigenvalue weighted by atomic mass is 28.4. The van der Waals surface area contributed by atoms with Crippen molar-refractivity contribution in [1.29, 1.82) is 0 Å². The number of allylic oxidation sites excluding steroid dienone is 1. The first-order valence-corrected chi connectivity index (χ1v) is 42.2. The monoisotopic (exact) mass is 1300 g/mol. The third-order valence-electron chi connectivity index (χ3n) is 21.5. The molecule has 8 aliphatic heterocycles. The zero-order chi connectivity index (χ0) is 65.9. The van der Waals surface area contributed by atoms with Crippen molar-refractivity contribution < 1.29 is 70.4 Å². The topological polar surface area (TPSA) is 170 Å². The van der Waals surface area contributed by atoms with Crippen LogP contribution in [0.3, 0.4) is 0 Å². The van der Waals surface area contributed by atoms with Crippen molar-refractivity contribution in [1.82, 2.24) is 0 Å². The summed E-state index contributed by atoms with van der Waals surface area (Å²) in [5.41, 5.74) is 2.69. The van der Waals surface area contributed by atoms with Gasteiger partial charge in [-0.3, -0.25) is 9.59 Å². The van der Waals surface area contributed by atoms with Crippen molar-refractivity contribution in [2.24, 2.45) is 11.8 Å². The molecule has 0 N–H and O–H groups in total. The summed E-state index contributed by atoms with van der Waals surface area (Å²) in [6.07, 6.45) is 1.38. The third-order valence-corrected chi connectivity index (χ3v) is 34.9. The number of rotatable bonds is 14. The van der Waals surface area contributed by atoms with Gasteiger partial charge in [-0.2, -0.15) is 0 Å². The molecule has 18 heteroatoms. The van der Waals surface area contributed by atoms with Crippen LogP contribution >= 0.6 is 0 Å². The number of ether oxygens (including phenoxy) is 8. The second kappa shape index (κ2) is 29.5. The molecule has 2 aromatic carbocycles. The molecule has 0 amide bonds. The van der Waals surface area contributed by atoms with E-state index in [1.807, 2.05) is 18.2 Å². The van der Waals surface area contributed by atoms with E-state index in [1.165, 1.54) is 0 Å². The van der Waals surface area contributed by atoms with E-state index in [0.717, 1.165) is 24.0 Å². The molecule has 0 spiro atoms. The summed E-state index contributed by atoms with van der Waals surface area (Å²) < 4.78 is 77.2.